The van der Waals surface area contributed by atoms with Gasteiger partial charge in [-0.15, -0.1) is 0 Å². The van der Waals surface area contributed by atoms with E-state index in [0.29, 0.717) is 18.9 Å². The lowest BCUT2D eigenvalue weighted by molar-refractivity contribution is -0.137. The number of halogens is 3. The molecular formula is C17H16F3NO2. The summed E-state index contributed by atoms with van der Waals surface area (Å²) in [7, 11) is 1.73. The fraction of sp³-hybridized carbons (Fsp3) is 0.294. The number of nitrogens with zero attached hydrogens (tertiary/aromatic N) is 1. The molecule has 1 saturated heterocycles. The molecule has 2 aromatic carbocycles. The molecule has 122 valence electrons. The van der Waals surface area contributed by atoms with Crippen LogP contribution >= 0.6 is 0 Å². The van der Waals surface area contributed by atoms with Crippen molar-refractivity contribution in [1.29, 1.82) is 0 Å². The number of benzene rings is 2. The monoisotopic (exact) mass is 323 g/mol. The third kappa shape index (κ3) is 3.48. The smallest absolute Gasteiger partial charge is 0.346 e. The van der Waals surface area contributed by atoms with Crippen LogP contribution in [0.2, 0.25) is 0 Å². The Morgan fingerprint density at radius 2 is 1.57 bits per heavy atom. The predicted molar refractivity (Wildman–Crippen MR) is 80.6 cm³/mol. The van der Waals surface area contributed by atoms with Gasteiger partial charge in [-0.25, -0.2) is 0 Å². The number of ether oxygens (including phenoxy) is 2. The highest BCUT2D eigenvalue weighted by molar-refractivity contribution is 5.64. The molecule has 0 atom stereocenters. The van der Waals surface area contributed by atoms with E-state index < -0.39 is 18.0 Å². The van der Waals surface area contributed by atoms with Crippen LogP contribution in [0.25, 0.3) is 0 Å². The second-order valence-electron chi connectivity index (χ2n) is 5.28. The Morgan fingerprint density at radius 1 is 0.957 bits per heavy atom. The van der Waals surface area contributed by atoms with Crippen LogP contribution < -0.4 is 4.90 Å². The molecule has 3 rings (SSSR count). The van der Waals surface area contributed by atoms with Crippen molar-refractivity contribution in [3.05, 3.63) is 59.7 Å². The van der Waals surface area contributed by atoms with E-state index in [0.717, 1.165) is 23.4 Å². The van der Waals surface area contributed by atoms with E-state index in [1.165, 1.54) is 6.07 Å². The lowest BCUT2D eigenvalue weighted by atomic mass is 10.1. The highest BCUT2D eigenvalue weighted by atomic mass is 19.4. The van der Waals surface area contributed by atoms with Crippen molar-refractivity contribution >= 4 is 11.4 Å². The summed E-state index contributed by atoms with van der Waals surface area (Å²) in [5.74, 6) is 0. The Hall–Kier alpha value is -2.05. The van der Waals surface area contributed by atoms with Gasteiger partial charge in [-0.2, -0.15) is 13.2 Å². The van der Waals surface area contributed by atoms with E-state index >= 15 is 0 Å². The average molecular weight is 323 g/mol. The fourth-order valence-corrected chi connectivity index (χ4v) is 2.47. The molecule has 1 heterocycles. The van der Waals surface area contributed by atoms with Gasteiger partial charge in [0.05, 0.1) is 18.8 Å². The SMILES string of the molecule is CN(c1cccc(C2OCCO2)c1)c1cccc(C(F)(F)F)c1. The quantitative estimate of drug-likeness (QED) is 0.829. The summed E-state index contributed by atoms with van der Waals surface area (Å²) in [5, 5.41) is 0. The Morgan fingerprint density at radius 3 is 2.22 bits per heavy atom. The molecule has 0 radical (unpaired) electrons. The second kappa shape index (κ2) is 6.22. The van der Waals surface area contributed by atoms with Crippen molar-refractivity contribution in [2.75, 3.05) is 25.2 Å². The van der Waals surface area contributed by atoms with Crippen molar-refractivity contribution in [1.82, 2.24) is 0 Å². The van der Waals surface area contributed by atoms with Gasteiger partial charge < -0.3 is 14.4 Å². The molecule has 0 bridgehead atoms. The second-order valence-corrected chi connectivity index (χ2v) is 5.28. The van der Waals surface area contributed by atoms with Crippen molar-refractivity contribution < 1.29 is 22.6 Å². The normalized spacial score (nSPS) is 15.8. The molecule has 23 heavy (non-hydrogen) atoms. The average Bonchev–Trinajstić information content (AvgIpc) is 3.08. The summed E-state index contributed by atoms with van der Waals surface area (Å²) >= 11 is 0. The standard InChI is InChI=1S/C17H16F3NO2/c1-21(15-7-3-5-13(11-15)17(18,19)20)14-6-2-4-12(10-14)16-22-8-9-23-16/h2-7,10-11,16H,8-9H2,1H3. The van der Waals surface area contributed by atoms with Gasteiger partial charge in [-0.3, -0.25) is 0 Å². The zero-order valence-corrected chi connectivity index (χ0v) is 12.5. The Balaban J connectivity index is 1.88. The van der Waals surface area contributed by atoms with E-state index in [1.54, 1.807) is 18.0 Å². The van der Waals surface area contributed by atoms with E-state index in [2.05, 4.69) is 0 Å². The van der Waals surface area contributed by atoms with E-state index in [-0.39, 0.29) is 0 Å². The van der Waals surface area contributed by atoms with Crippen molar-refractivity contribution in [2.45, 2.75) is 12.5 Å². The van der Waals surface area contributed by atoms with Crippen LogP contribution in [0.15, 0.2) is 48.5 Å². The van der Waals surface area contributed by atoms with Crippen LogP contribution in [0, 0.1) is 0 Å². The minimum absolute atomic E-state index is 0.412. The first-order chi connectivity index (χ1) is 10.9. The van der Waals surface area contributed by atoms with Crippen molar-refractivity contribution in [3.63, 3.8) is 0 Å². The van der Waals surface area contributed by atoms with Crippen LogP contribution in [-0.2, 0) is 15.7 Å². The van der Waals surface area contributed by atoms with Gasteiger partial charge in [0, 0.05) is 24.0 Å². The summed E-state index contributed by atoms with van der Waals surface area (Å²) in [4.78, 5) is 1.70. The Bertz CT molecular complexity index is 682. The third-order valence-electron chi connectivity index (χ3n) is 3.71. The minimum Gasteiger partial charge on any atom is -0.346 e. The lowest BCUT2D eigenvalue weighted by Crippen LogP contribution is -2.12. The molecule has 3 nitrogen and oxygen atoms in total. The van der Waals surface area contributed by atoms with Crippen molar-refractivity contribution in [2.24, 2.45) is 0 Å². The van der Waals surface area contributed by atoms with Gasteiger partial charge >= 0.3 is 6.18 Å². The van der Waals surface area contributed by atoms with E-state index in [4.69, 9.17) is 9.47 Å². The predicted octanol–water partition coefficient (Wildman–Crippen LogP) is 4.52. The van der Waals surface area contributed by atoms with Crippen LogP contribution in [0.1, 0.15) is 17.4 Å². The molecule has 0 spiro atoms. The van der Waals surface area contributed by atoms with Gasteiger partial charge in [0.2, 0.25) is 0 Å². The van der Waals surface area contributed by atoms with E-state index in [9.17, 15) is 13.2 Å². The zero-order chi connectivity index (χ0) is 16.4. The first-order valence-corrected chi connectivity index (χ1v) is 7.19. The first kappa shape index (κ1) is 15.8. The molecule has 0 unspecified atom stereocenters. The highest BCUT2D eigenvalue weighted by Gasteiger charge is 2.30. The number of alkyl halides is 3. The molecule has 1 fully saturated rings. The summed E-state index contributed by atoms with van der Waals surface area (Å²) in [6, 6.07) is 12.6. The molecule has 0 aromatic heterocycles. The maximum absolute atomic E-state index is 12.9. The lowest BCUT2D eigenvalue weighted by Gasteiger charge is -2.22. The third-order valence-corrected chi connectivity index (χ3v) is 3.71. The van der Waals surface area contributed by atoms with Gasteiger partial charge in [-0.05, 0) is 30.3 Å². The van der Waals surface area contributed by atoms with E-state index in [1.807, 2.05) is 24.3 Å². The molecule has 0 aliphatic carbocycles. The maximum Gasteiger partial charge on any atom is 0.416 e. The van der Waals surface area contributed by atoms with Crippen LogP contribution in [-0.4, -0.2) is 20.3 Å². The number of hydrogen-bond donors (Lipinski definition) is 0. The topological polar surface area (TPSA) is 21.7 Å². The van der Waals surface area contributed by atoms with Crippen molar-refractivity contribution in [3.8, 4) is 0 Å². The summed E-state index contributed by atoms with van der Waals surface area (Å²) in [6.07, 6.45) is -4.77. The minimum atomic E-state index is -4.36. The fourth-order valence-electron chi connectivity index (χ4n) is 2.47. The van der Waals surface area contributed by atoms with Gasteiger partial charge in [-0.1, -0.05) is 18.2 Å². The first-order valence-electron chi connectivity index (χ1n) is 7.19. The number of hydrogen-bond acceptors (Lipinski definition) is 3. The number of anilines is 2. The molecule has 1 aliphatic rings. The molecular weight excluding hydrogens is 307 g/mol. The summed E-state index contributed by atoms with van der Waals surface area (Å²) in [5.41, 5.74) is 1.41. The Kier molecular flexibility index (Phi) is 4.28. The molecule has 6 heteroatoms. The molecule has 1 aliphatic heterocycles. The van der Waals surface area contributed by atoms with Gasteiger partial charge in [0.1, 0.15) is 0 Å². The Labute approximate surface area is 132 Å². The molecule has 2 aromatic rings. The summed E-state index contributed by atoms with van der Waals surface area (Å²) < 4.78 is 49.5. The van der Waals surface area contributed by atoms with Crippen LogP contribution in [0.4, 0.5) is 24.5 Å². The van der Waals surface area contributed by atoms with Gasteiger partial charge in [0.25, 0.3) is 0 Å². The molecule has 0 saturated carbocycles. The highest BCUT2D eigenvalue weighted by Crippen LogP contribution is 2.34. The number of rotatable bonds is 3. The van der Waals surface area contributed by atoms with Crippen LogP contribution in [0.3, 0.4) is 0 Å². The largest absolute Gasteiger partial charge is 0.416 e. The maximum atomic E-state index is 12.9. The van der Waals surface area contributed by atoms with Gasteiger partial charge in [0.15, 0.2) is 6.29 Å². The molecule has 0 N–H and O–H groups in total. The molecule has 0 amide bonds. The summed E-state index contributed by atoms with van der Waals surface area (Å²) in [6.45, 7) is 1.08. The van der Waals surface area contributed by atoms with Crippen LogP contribution in [0.5, 0.6) is 0 Å². The zero-order valence-electron chi connectivity index (χ0n) is 12.5.